The first-order valence-corrected chi connectivity index (χ1v) is 10.2. The molecule has 7 nitrogen and oxygen atoms in total. The number of methoxy groups -OCH3 is 1. The summed E-state index contributed by atoms with van der Waals surface area (Å²) in [5.41, 5.74) is 3.34. The molecule has 0 spiro atoms. The lowest BCUT2D eigenvalue weighted by Gasteiger charge is -2.19. The van der Waals surface area contributed by atoms with Gasteiger partial charge in [-0.25, -0.2) is 9.97 Å². The molecule has 158 valence electrons. The van der Waals surface area contributed by atoms with Crippen LogP contribution in [0.5, 0.6) is 5.75 Å². The number of nitrogens with one attached hydrogen (secondary N) is 3. The first kappa shape index (κ1) is 20.4. The average molecular weight is 415 g/mol. The Morgan fingerprint density at radius 1 is 1.06 bits per heavy atom. The molecule has 0 fully saturated rings. The maximum Gasteiger partial charge on any atom is 0.222 e. The Labute approximate surface area is 180 Å². The summed E-state index contributed by atoms with van der Waals surface area (Å²) in [6.45, 7) is 0.963. The molecule has 4 rings (SSSR count). The van der Waals surface area contributed by atoms with Crippen molar-refractivity contribution in [2.45, 2.75) is 12.3 Å². The number of fused-ring (bicyclic) bond motifs is 1. The van der Waals surface area contributed by atoms with Crippen molar-refractivity contribution in [1.82, 2.24) is 20.3 Å². The van der Waals surface area contributed by atoms with Gasteiger partial charge in [-0.05, 0) is 35.4 Å². The number of H-pyrrole nitrogens is 1. The molecule has 1 atom stereocenters. The molecule has 4 aromatic rings. The van der Waals surface area contributed by atoms with E-state index in [0.29, 0.717) is 25.5 Å². The van der Waals surface area contributed by atoms with E-state index < -0.39 is 0 Å². The summed E-state index contributed by atoms with van der Waals surface area (Å²) in [5.74, 6) is 1.31. The van der Waals surface area contributed by atoms with Crippen LogP contribution < -0.4 is 15.4 Å². The number of aromatic nitrogens is 3. The number of ether oxygens (including phenoxy) is 1. The Bertz CT molecular complexity index is 1130. The fourth-order valence-electron chi connectivity index (χ4n) is 3.61. The van der Waals surface area contributed by atoms with Crippen LogP contribution in [-0.4, -0.2) is 41.1 Å². The molecule has 0 saturated carbocycles. The topological polar surface area (TPSA) is 91.9 Å². The maximum absolute atomic E-state index is 12.5. The van der Waals surface area contributed by atoms with Crippen LogP contribution in [-0.2, 0) is 4.79 Å². The van der Waals surface area contributed by atoms with Crippen LogP contribution >= 0.6 is 0 Å². The third-order valence-electron chi connectivity index (χ3n) is 5.22. The van der Waals surface area contributed by atoms with Crippen molar-refractivity contribution < 1.29 is 9.53 Å². The second-order valence-corrected chi connectivity index (χ2v) is 7.17. The van der Waals surface area contributed by atoms with E-state index in [1.165, 1.54) is 0 Å². The van der Waals surface area contributed by atoms with Gasteiger partial charge in [-0.2, -0.15) is 0 Å². The van der Waals surface area contributed by atoms with Crippen LogP contribution in [0.3, 0.4) is 0 Å². The molecular formula is C24H25N5O2. The van der Waals surface area contributed by atoms with Crippen molar-refractivity contribution in [3.63, 3.8) is 0 Å². The Balaban J connectivity index is 1.46. The second kappa shape index (κ2) is 9.75. The number of amides is 1. The van der Waals surface area contributed by atoms with Crippen LogP contribution in [0.2, 0.25) is 0 Å². The van der Waals surface area contributed by atoms with Crippen molar-refractivity contribution in [2.75, 3.05) is 25.5 Å². The molecule has 3 N–H and O–H groups in total. The summed E-state index contributed by atoms with van der Waals surface area (Å²) in [4.78, 5) is 24.0. The molecule has 1 amide bonds. The van der Waals surface area contributed by atoms with Crippen molar-refractivity contribution >= 4 is 22.8 Å². The van der Waals surface area contributed by atoms with Gasteiger partial charge in [0.1, 0.15) is 5.75 Å². The number of anilines is 1. The minimum absolute atomic E-state index is 0.0106. The Morgan fingerprint density at radius 2 is 1.84 bits per heavy atom. The molecular weight excluding hydrogens is 390 g/mol. The normalized spacial score (nSPS) is 11.8. The lowest BCUT2D eigenvalue weighted by atomic mass is 9.90. The average Bonchev–Trinajstić information content (AvgIpc) is 3.24. The van der Waals surface area contributed by atoms with Gasteiger partial charge < -0.3 is 20.4 Å². The summed E-state index contributed by atoms with van der Waals surface area (Å²) >= 11 is 0. The van der Waals surface area contributed by atoms with E-state index in [2.05, 4.69) is 37.7 Å². The smallest absolute Gasteiger partial charge is 0.222 e. The standard InChI is InChI=1S/C24H25N5O2/c1-31-18-9-7-17(8-10-18)20(21-16-28-22-6-3-2-5-19(21)22)15-29-23(30)11-14-27-24-25-12-4-13-26-24/h2-10,12-13,16,20,28H,11,14-15H2,1H3,(H,29,30)(H,25,26,27). The van der Waals surface area contributed by atoms with E-state index in [-0.39, 0.29) is 11.8 Å². The van der Waals surface area contributed by atoms with Crippen LogP contribution in [0.25, 0.3) is 10.9 Å². The number of nitrogens with zero attached hydrogens (tertiary/aromatic N) is 2. The number of hydrogen-bond acceptors (Lipinski definition) is 5. The minimum atomic E-state index is -0.0261. The van der Waals surface area contributed by atoms with Crippen molar-refractivity contribution in [2.24, 2.45) is 0 Å². The summed E-state index contributed by atoms with van der Waals surface area (Å²) in [5, 5.41) is 7.29. The van der Waals surface area contributed by atoms with Crippen LogP contribution in [0.15, 0.2) is 73.2 Å². The van der Waals surface area contributed by atoms with E-state index in [1.54, 1.807) is 25.6 Å². The molecule has 2 aromatic heterocycles. The number of benzene rings is 2. The zero-order valence-electron chi connectivity index (χ0n) is 17.3. The number of aromatic amines is 1. The van der Waals surface area contributed by atoms with E-state index in [1.807, 2.05) is 42.6 Å². The van der Waals surface area contributed by atoms with Gasteiger partial charge in [-0.15, -0.1) is 0 Å². The number of hydrogen-bond donors (Lipinski definition) is 3. The third-order valence-corrected chi connectivity index (χ3v) is 5.22. The number of carbonyl (C=O) groups is 1. The summed E-state index contributed by atoms with van der Waals surface area (Å²) in [6, 6.07) is 17.9. The molecule has 31 heavy (non-hydrogen) atoms. The molecule has 2 heterocycles. The Kier molecular flexibility index (Phi) is 6.42. The van der Waals surface area contributed by atoms with Crippen molar-refractivity contribution in [3.8, 4) is 5.75 Å². The second-order valence-electron chi connectivity index (χ2n) is 7.17. The minimum Gasteiger partial charge on any atom is -0.497 e. The van der Waals surface area contributed by atoms with Gasteiger partial charge in [-0.1, -0.05) is 30.3 Å². The predicted octanol–water partition coefficient (Wildman–Crippen LogP) is 3.72. The first-order valence-electron chi connectivity index (χ1n) is 10.2. The number of para-hydroxylation sites is 1. The third kappa shape index (κ3) is 5.01. The van der Waals surface area contributed by atoms with Crippen molar-refractivity contribution in [1.29, 1.82) is 0 Å². The molecule has 0 aliphatic carbocycles. The van der Waals surface area contributed by atoms with Gasteiger partial charge in [0.15, 0.2) is 0 Å². The van der Waals surface area contributed by atoms with Gasteiger partial charge in [0.25, 0.3) is 0 Å². The van der Waals surface area contributed by atoms with Crippen LogP contribution in [0.4, 0.5) is 5.95 Å². The monoisotopic (exact) mass is 415 g/mol. The molecule has 2 aromatic carbocycles. The lowest BCUT2D eigenvalue weighted by Crippen LogP contribution is -2.30. The molecule has 0 aliphatic heterocycles. The van der Waals surface area contributed by atoms with Crippen molar-refractivity contribution in [3.05, 3.63) is 84.3 Å². The molecule has 0 bridgehead atoms. The van der Waals surface area contributed by atoms with Gasteiger partial charge >= 0.3 is 0 Å². The van der Waals surface area contributed by atoms with E-state index in [4.69, 9.17) is 4.74 Å². The van der Waals surface area contributed by atoms with Gasteiger partial charge in [-0.3, -0.25) is 4.79 Å². The predicted molar refractivity (Wildman–Crippen MR) is 121 cm³/mol. The summed E-state index contributed by atoms with van der Waals surface area (Å²) in [7, 11) is 1.65. The SMILES string of the molecule is COc1ccc(C(CNC(=O)CCNc2ncccn2)c2c[nH]c3ccccc23)cc1. The van der Waals surface area contributed by atoms with Crippen LogP contribution in [0.1, 0.15) is 23.5 Å². The number of carbonyl (C=O) groups excluding carboxylic acids is 1. The fourth-order valence-corrected chi connectivity index (χ4v) is 3.61. The van der Waals surface area contributed by atoms with Gasteiger partial charge in [0, 0.05) is 54.9 Å². The highest BCUT2D eigenvalue weighted by Crippen LogP contribution is 2.31. The molecule has 0 radical (unpaired) electrons. The maximum atomic E-state index is 12.5. The Hall–Kier alpha value is -3.87. The zero-order chi connectivity index (χ0) is 21.5. The highest BCUT2D eigenvalue weighted by Gasteiger charge is 2.19. The quantitative estimate of drug-likeness (QED) is 0.388. The van der Waals surface area contributed by atoms with Gasteiger partial charge in [0.2, 0.25) is 11.9 Å². The molecule has 0 aliphatic rings. The highest BCUT2D eigenvalue weighted by atomic mass is 16.5. The lowest BCUT2D eigenvalue weighted by molar-refractivity contribution is -0.120. The molecule has 1 unspecified atom stereocenters. The Morgan fingerprint density at radius 3 is 2.61 bits per heavy atom. The van der Waals surface area contributed by atoms with E-state index >= 15 is 0 Å². The molecule has 7 heteroatoms. The van der Waals surface area contributed by atoms with Gasteiger partial charge in [0.05, 0.1) is 7.11 Å². The number of rotatable bonds is 9. The largest absolute Gasteiger partial charge is 0.497 e. The summed E-state index contributed by atoms with van der Waals surface area (Å²) < 4.78 is 5.30. The van der Waals surface area contributed by atoms with Crippen LogP contribution in [0, 0.1) is 0 Å². The zero-order valence-corrected chi connectivity index (χ0v) is 17.3. The summed E-state index contributed by atoms with van der Waals surface area (Å²) in [6.07, 6.45) is 5.69. The first-order chi connectivity index (χ1) is 15.2. The fraction of sp³-hybridized carbons (Fsp3) is 0.208. The highest BCUT2D eigenvalue weighted by molar-refractivity contribution is 5.84. The molecule has 0 saturated heterocycles. The van der Waals surface area contributed by atoms with E-state index in [0.717, 1.165) is 27.8 Å². The van der Waals surface area contributed by atoms with E-state index in [9.17, 15) is 4.79 Å².